The number of amides is 1. The first-order valence-electron chi connectivity index (χ1n) is 5.99. The van der Waals surface area contributed by atoms with Crippen molar-refractivity contribution in [2.75, 3.05) is 20.4 Å². The first-order valence-corrected chi connectivity index (χ1v) is 7.84. The number of benzene rings is 1. The Kier molecular flexibility index (Phi) is 3.58. The molecule has 0 atom stereocenters. The Hall–Kier alpha value is -1.86. The summed E-state index contributed by atoms with van der Waals surface area (Å²) in [6.07, 6.45) is 1.16. The molecular formula is C13H17N3O3S. The molecule has 0 aliphatic heterocycles. The number of rotatable bonds is 4. The second kappa shape index (κ2) is 4.92. The van der Waals surface area contributed by atoms with Crippen molar-refractivity contribution in [3.8, 4) is 0 Å². The summed E-state index contributed by atoms with van der Waals surface area (Å²) in [6.45, 7) is 0.480. The van der Waals surface area contributed by atoms with E-state index in [0.29, 0.717) is 28.7 Å². The van der Waals surface area contributed by atoms with Gasteiger partial charge in [0.25, 0.3) is 0 Å². The van der Waals surface area contributed by atoms with Crippen molar-refractivity contribution in [3.05, 3.63) is 35.5 Å². The largest absolute Gasteiger partial charge is 0.366 e. The fourth-order valence-electron chi connectivity index (χ4n) is 2.23. The maximum absolute atomic E-state index is 12.0. The average Bonchev–Trinajstić information content (AvgIpc) is 2.63. The van der Waals surface area contributed by atoms with Crippen LogP contribution >= 0.6 is 0 Å². The van der Waals surface area contributed by atoms with E-state index in [-0.39, 0.29) is 0 Å². The number of carbonyl (C=O) groups is 1. The second-order valence-corrected chi connectivity index (χ2v) is 6.87. The first kappa shape index (κ1) is 14.5. The minimum absolute atomic E-state index is 0.361. The van der Waals surface area contributed by atoms with Crippen molar-refractivity contribution in [2.24, 2.45) is 5.73 Å². The van der Waals surface area contributed by atoms with Crippen LogP contribution in [0.4, 0.5) is 0 Å². The minimum Gasteiger partial charge on any atom is -0.366 e. The maximum Gasteiger partial charge on any atom is 0.248 e. The number of fused-ring (bicyclic) bond motifs is 1. The maximum atomic E-state index is 12.0. The lowest BCUT2D eigenvalue weighted by Crippen LogP contribution is -2.18. The number of carbonyl (C=O) groups excluding carboxylic acids is 1. The highest BCUT2D eigenvalue weighted by Crippen LogP contribution is 2.23. The van der Waals surface area contributed by atoms with E-state index in [9.17, 15) is 13.2 Å². The van der Waals surface area contributed by atoms with Gasteiger partial charge in [-0.2, -0.15) is 0 Å². The highest BCUT2D eigenvalue weighted by atomic mass is 32.2. The molecule has 2 aromatic rings. The fraction of sp³-hybridized carbons (Fsp3) is 0.308. The molecule has 0 saturated carbocycles. The molecule has 0 bridgehead atoms. The summed E-state index contributed by atoms with van der Waals surface area (Å²) in [5, 5.41) is 0.684. The van der Waals surface area contributed by atoms with Gasteiger partial charge in [0.2, 0.25) is 15.9 Å². The molecule has 0 unspecified atom stereocenters. The molecule has 0 radical (unpaired) electrons. The highest BCUT2D eigenvalue weighted by Gasteiger charge is 2.17. The van der Waals surface area contributed by atoms with Crippen molar-refractivity contribution in [2.45, 2.75) is 6.54 Å². The molecular weight excluding hydrogens is 278 g/mol. The molecule has 2 N–H and O–H groups in total. The number of nitrogens with two attached hydrogens (primary N) is 1. The van der Waals surface area contributed by atoms with Gasteiger partial charge in [0.05, 0.1) is 11.8 Å². The Morgan fingerprint density at radius 1 is 1.30 bits per heavy atom. The van der Waals surface area contributed by atoms with Crippen LogP contribution in [-0.2, 0) is 16.6 Å². The molecule has 6 nitrogen and oxygen atoms in total. The van der Waals surface area contributed by atoms with Crippen LogP contribution in [0, 0.1) is 0 Å². The van der Waals surface area contributed by atoms with Crippen molar-refractivity contribution < 1.29 is 13.2 Å². The van der Waals surface area contributed by atoms with Crippen LogP contribution in [0.2, 0.25) is 0 Å². The van der Waals surface area contributed by atoms with Gasteiger partial charge in [-0.25, -0.2) is 12.4 Å². The van der Waals surface area contributed by atoms with Crippen LogP contribution in [0.3, 0.4) is 0 Å². The van der Waals surface area contributed by atoms with E-state index < -0.39 is 15.9 Å². The van der Waals surface area contributed by atoms with E-state index in [1.807, 2.05) is 19.0 Å². The average molecular weight is 295 g/mol. The summed E-state index contributed by atoms with van der Waals surface area (Å²) in [7, 11) is 0.299. The molecule has 0 spiro atoms. The van der Waals surface area contributed by atoms with Crippen molar-refractivity contribution in [1.82, 2.24) is 8.87 Å². The third kappa shape index (κ3) is 2.68. The summed E-state index contributed by atoms with van der Waals surface area (Å²) in [6, 6.07) is 6.52. The smallest absolute Gasteiger partial charge is 0.248 e. The molecule has 1 heterocycles. The lowest BCUT2D eigenvalue weighted by atomic mass is 10.1. The highest BCUT2D eigenvalue weighted by molar-refractivity contribution is 7.89. The summed E-state index contributed by atoms with van der Waals surface area (Å²) < 4.78 is 25.3. The normalized spacial score (nSPS) is 12.2. The quantitative estimate of drug-likeness (QED) is 0.895. The summed E-state index contributed by atoms with van der Waals surface area (Å²) in [4.78, 5) is 13.1. The first-order chi connectivity index (χ1) is 9.20. The molecule has 1 aromatic heterocycles. The summed E-state index contributed by atoms with van der Waals surface area (Å²) >= 11 is 0. The van der Waals surface area contributed by atoms with E-state index in [2.05, 4.69) is 0 Å². The van der Waals surface area contributed by atoms with Gasteiger partial charge < -0.3 is 10.6 Å². The van der Waals surface area contributed by atoms with Gasteiger partial charge in [0, 0.05) is 23.2 Å². The molecule has 0 saturated heterocycles. The Bertz CT molecular complexity index is 776. The van der Waals surface area contributed by atoms with E-state index in [0.717, 1.165) is 6.26 Å². The molecule has 108 valence electrons. The van der Waals surface area contributed by atoms with Gasteiger partial charge in [-0.3, -0.25) is 4.79 Å². The minimum atomic E-state index is -3.42. The molecule has 7 heteroatoms. The summed E-state index contributed by atoms with van der Waals surface area (Å²) in [5.74, 6) is -0.534. The molecule has 0 aliphatic carbocycles. The van der Waals surface area contributed by atoms with Gasteiger partial charge >= 0.3 is 0 Å². The van der Waals surface area contributed by atoms with E-state index >= 15 is 0 Å². The van der Waals surface area contributed by atoms with Crippen LogP contribution in [0.15, 0.2) is 24.3 Å². The van der Waals surface area contributed by atoms with Gasteiger partial charge in [0.1, 0.15) is 0 Å². The van der Waals surface area contributed by atoms with Gasteiger partial charge in [-0.1, -0.05) is 0 Å². The van der Waals surface area contributed by atoms with Crippen molar-refractivity contribution >= 4 is 26.8 Å². The standard InChI is InChI=1S/C13H17N3O3S/c1-15(2)8-11-7-10-6-9(13(14)17)4-5-12(10)16(11)20(3,18)19/h4-7H,8H2,1-3H3,(H2,14,17). The molecule has 1 amide bonds. The number of primary amides is 1. The zero-order chi connectivity index (χ0) is 15.1. The predicted molar refractivity (Wildman–Crippen MR) is 78.1 cm³/mol. The van der Waals surface area contributed by atoms with Gasteiger partial charge in [-0.05, 0) is 38.4 Å². The Balaban J connectivity index is 2.75. The molecule has 20 heavy (non-hydrogen) atoms. The Labute approximate surface area is 117 Å². The third-order valence-corrected chi connectivity index (χ3v) is 4.02. The van der Waals surface area contributed by atoms with E-state index in [1.165, 1.54) is 10.0 Å². The number of aromatic nitrogens is 1. The van der Waals surface area contributed by atoms with Crippen molar-refractivity contribution in [1.29, 1.82) is 0 Å². The lowest BCUT2D eigenvalue weighted by molar-refractivity contribution is 0.100. The van der Waals surface area contributed by atoms with Crippen molar-refractivity contribution in [3.63, 3.8) is 0 Å². The number of hydrogen-bond donors (Lipinski definition) is 1. The number of nitrogens with zero attached hydrogens (tertiary/aromatic N) is 2. The molecule has 1 aromatic carbocycles. The number of hydrogen-bond acceptors (Lipinski definition) is 4. The monoisotopic (exact) mass is 295 g/mol. The van der Waals surface area contributed by atoms with Crippen LogP contribution in [-0.4, -0.2) is 43.5 Å². The summed E-state index contributed by atoms with van der Waals surface area (Å²) in [5.41, 5.74) is 6.80. The van der Waals surface area contributed by atoms with Gasteiger partial charge in [0.15, 0.2) is 0 Å². The van der Waals surface area contributed by atoms with E-state index in [4.69, 9.17) is 5.73 Å². The Morgan fingerprint density at radius 2 is 1.95 bits per heavy atom. The Morgan fingerprint density at radius 3 is 2.45 bits per heavy atom. The molecule has 2 rings (SSSR count). The van der Waals surface area contributed by atoms with Crippen LogP contribution in [0.25, 0.3) is 10.9 Å². The van der Waals surface area contributed by atoms with Gasteiger partial charge in [-0.15, -0.1) is 0 Å². The zero-order valence-electron chi connectivity index (χ0n) is 11.6. The van der Waals surface area contributed by atoms with Crippen LogP contribution < -0.4 is 5.73 Å². The third-order valence-electron chi connectivity index (χ3n) is 2.92. The molecule has 0 aliphatic rings. The van der Waals surface area contributed by atoms with Crippen LogP contribution in [0.5, 0.6) is 0 Å². The second-order valence-electron chi connectivity index (χ2n) is 5.04. The predicted octanol–water partition coefficient (Wildman–Crippen LogP) is 0.610. The fourth-order valence-corrected chi connectivity index (χ4v) is 3.29. The topological polar surface area (TPSA) is 85.4 Å². The van der Waals surface area contributed by atoms with E-state index in [1.54, 1.807) is 18.2 Å². The lowest BCUT2D eigenvalue weighted by Gasteiger charge is -2.12. The van der Waals surface area contributed by atoms with Crippen LogP contribution in [0.1, 0.15) is 16.1 Å². The zero-order valence-corrected chi connectivity index (χ0v) is 12.4. The SMILES string of the molecule is CN(C)Cc1cc2cc(C(N)=O)ccc2n1S(C)(=O)=O. The molecule has 0 fully saturated rings.